The second kappa shape index (κ2) is 5.73. The Morgan fingerprint density at radius 2 is 1.68 bits per heavy atom. The van der Waals surface area contributed by atoms with Crippen molar-refractivity contribution in [3.8, 4) is 0 Å². The van der Waals surface area contributed by atoms with E-state index >= 15 is 0 Å². The molecule has 0 heterocycles. The van der Waals surface area contributed by atoms with Crippen LogP contribution in [0.2, 0.25) is 0 Å². The first-order valence-corrected chi connectivity index (χ1v) is 7.62. The van der Waals surface area contributed by atoms with Crippen molar-refractivity contribution in [2.24, 2.45) is 11.8 Å². The van der Waals surface area contributed by atoms with Gasteiger partial charge in [-0.2, -0.15) is 0 Å². The Morgan fingerprint density at radius 1 is 0.947 bits per heavy atom. The maximum Gasteiger partial charge on any atom is 0.159 e. The molecule has 1 nitrogen and oxygen atoms in total. The van der Waals surface area contributed by atoms with Gasteiger partial charge in [0.2, 0.25) is 0 Å². The van der Waals surface area contributed by atoms with E-state index in [1.807, 2.05) is 18.2 Å². The molecule has 0 aromatic heterocycles. The molecule has 1 atom stereocenters. The smallest absolute Gasteiger partial charge is 0.159 e. The van der Waals surface area contributed by atoms with E-state index < -0.39 is 0 Å². The normalized spacial score (nSPS) is 27.1. The number of Topliss-reactive ketones (excluding diaryl/α,β-unsaturated/α-hetero) is 1. The summed E-state index contributed by atoms with van der Waals surface area (Å²) in [5.74, 6) is 1.90. The predicted octanol–water partition coefficient (Wildman–Crippen LogP) is 4.63. The summed E-state index contributed by atoms with van der Waals surface area (Å²) in [5.41, 5.74) is 2.20. The molecule has 1 heteroatoms. The maximum atomic E-state index is 12.3. The van der Waals surface area contributed by atoms with Gasteiger partial charge in [-0.25, -0.2) is 0 Å². The number of hydrogen-bond acceptors (Lipinski definition) is 1. The number of allylic oxidation sites excluding steroid dienone is 1. The predicted molar refractivity (Wildman–Crippen MR) is 78.7 cm³/mol. The van der Waals surface area contributed by atoms with Gasteiger partial charge in [0.25, 0.3) is 0 Å². The first kappa shape index (κ1) is 12.7. The second-order valence-corrected chi connectivity index (χ2v) is 6.05. The molecule has 1 aromatic rings. The molecule has 19 heavy (non-hydrogen) atoms. The van der Waals surface area contributed by atoms with Crippen LogP contribution in [0.1, 0.15) is 50.5 Å². The quantitative estimate of drug-likeness (QED) is 0.703. The second-order valence-electron chi connectivity index (χ2n) is 6.05. The lowest BCUT2D eigenvalue weighted by Gasteiger charge is -2.27. The van der Waals surface area contributed by atoms with Crippen LogP contribution in [0.5, 0.6) is 0 Å². The van der Waals surface area contributed by atoms with Crippen molar-refractivity contribution in [1.82, 2.24) is 0 Å². The van der Waals surface area contributed by atoms with Gasteiger partial charge in [-0.3, -0.25) is 4.79 Å². The molecule has 2 saturated carbocycles. The standard InChI is InChI=1S/C18H22O/c19-18-13-16(15-8-4-5-9-15)10-11-17(18)12-14-6-2-1-3-7-14/h1-3,6-7,12,15-16H,4-5,8-11,13H2/b17-12-. The summed E-state index contributed by atoms with van der Waals surface area (Å²) in [6.07, 6.45) is 10.6. The fourth-order valence-corrected chi connectivity index (χ4v) is 3.69. The van der Waals surface area contributed by atoms with Crippen molar-refractivity contribution >= 4 is 11.9 Å². The molecule has 2 aliphatic rings. The zero-order chi connectivity index (χ0) is 13.1. The van der Waals surface area contributed by atoms with Crippen molar-refractivity contribution in [3.05, 3.63) is 41.5 Å². The Hall–Kier alpha value is -1.37. The van der Waals surface area contributed by atoms with E-state index in [9.17, 15) is 4.79 Å². The van der Waals surface area contributed by atoms with E-state index in [1.165, 1.54) is 32.1 Å². The fourth-order valence-electron chi connectivity index (χ4n) is 3.69. The highest BCUT2D eigenvalue weighted by Crippen LogP contribution is 2.39. The number of carbonyl (C=O) groups is 1. The molecule has 0 N–H and O–H groups in total. The van der Waals surface area contributed by atoms with E-state index in [2.05, 4.69) is 18.2 Å². The summed E-state index contributed by atoms with van der Waals surface area (Å²) in [4.78, 5) is 12.3. The van der Waals surface area contributed by atoms with Gasteiger partial charge in [0.1, 0.15) is 0 Å². The Bertz CT molecular complexity index is 466. The first-order chi connectivity index (χ1) is 9.33. The number of benzene rings is 1. The molecule has 0 aliphatic heterocycles. The zero-order valence-electron chi connectivity index (χ0n) is 11.5. The van der Waals surface area contributed by atoms with E-state index in [0.29, 0.717) is 11.7 Å². The van der Waals surface area contributed by atoms with Gasteiger partial charge >= 0.3 is 0 Å². The summed E-state index contributed by atoms with van der Waals surface area (Å²) >= 11 is 0. The maximum absolute atomic E-state index is 12.3. The van der Waals surface area contributed by atoms with Gasteiger partial charge in [-0.1, -0.05) is 56.0 Å². The van der Waals surface area contributed by atoms with Crippen LogP contribution in [0.4, 0.5) is 0 Å². The molecular formula is C18H22O. The molecule has 1 aromatic carbocycles. The molecule has 1 unspecified atom stereocenters. The van der Waals surface area contributed by atoms with Crippen LogP contribution in [0.15, 0.2) is 35.9 Å². The number of carbonyl (C=O) groups excluding carboxylic acids is 1. The van der Waals surface area contributed by atoms with Crippen LogP contribution < -0.4 is 0 Å². The lowest BCUT2D eigenvalue weighted by atomic mass is 9.76. The molecule has 0 bridgehead atoms. The third-order valence-corrected chi connectivity index (χ3v) is 4.80. The minimum absolute atomic E-state index is 0.395. The molecule has 0 saturated heterocycles. The van der Waals surface area contributed by atoms with Crippen LogP contribution >= 0.6 is 0 Å². The minimum Gasteiger partial charge on any atom is -0.295 e. The van der Waals surface area contributed by atoms with E-state index in [0.717, 1.165) is 29.9 Å². The number of hydrogen-bond donors (Lipinski definition) is 0. The molecule has 100 valence electrons. The summed E-state index contributed by atoms with van der Waals surface area (Å²) in [6, 6.07) is 10.2. The van der Waals surface area contributed by atoms with Crippen LogP contribution in [0.25, 0.3) is 6.08 Å². The molecule has 2 aliphatic carbocycles. The Labute approximate surface area is 115 Å². The van der Waals surface area contributed by atoms with E-state index in [-0.39, 0.29) is 0 Å². The van der Waals surface area contributed by atoms with Crippen LogP contribution in [-0.4, -0.2) is 5.78 Å². The molecule has 0 amide bonds. The largest absolute Gasteiger partial charge is 0.295 e. The monoisotopic (exact) mass is 254 g/mol. The highest BCUT2D eigenvalue weighted by Gasteiger charge is 2.31. The number of ketones is 1. The van der Waals surface area contributed by atoms with Gasteiger partial charge < -0.3 is 0 Å². The van der Waals surface area contributed by atoms with Crippen molar-refractivity contribution in [2.75, 3.05) is 0 Å². The SMILES string of the molecule is O=C1CC(C2CCCC2)CC/C1=C/c1ccccc1. The molecule has 0 radical (unpaired) electrons. The van der Waals surface area contributed by atoms with Crippen LogP contribution in [-0.2, 0) is 4.79 Å². The number of rotatable bonds is 2. The highest BCUT2D eigenvalue weighted by molar-refractivity contribution is 6.00. The fraction of sp³-hybridized carbons (Fsp3) is 0.500. The zero-order valence-corrected chi connectivity index (χ0v) is 11.5. The Balaban J connectivity index is 1.67. The Morgan fingerprint density at radius 3 is 2.37 bits per heavy atom. The minimum atomic E-state index is 0.395. The van der Waals surface area contributed by atoms with Gasteiger partial charge in [-0.15, -0.1) is 0 Å². The van der Waals surface area contributed by atoms with E-state index in [4.69, 9.17) is 0 Å². The highest BCUT2D eigenvalue weighted by atomic mass is 16.1. The molecule has 2 fully saturated rings. The van der Waals surface area contributed by atoms with Crippen LogP contribution in [0, 0.1) is 11.8 Å². The molecular weight excluding hydrogens is 232 g/mol. The van der Waals surface area contributed by atoms with Crippen molar-refractivity contribution in [2.45, 2.75) is 44.9 Å². The van der Waals surface area contributed by atoms with Gasteiger partial charge in [-0.05, 0) is 41.9 Å². The van der Waals surface area contributed by atoms with Gasteiger partial charge in [0, 0.05) is 6.42 Å². The Kier molecular flexibility index (Phi) is 3.82. The summed E-state index contributed by atoms with van der Waals surface area (Å²) in [6.45, 7) is 0. The van der Waals surface area contributed by atoms with Crippen molar-refractivity contribution < 1.29 is 4.79 Å². The average Bonchev–Trinajstić information content (AvgIpc) is 2.96. The third kappa shape index (κ3) is 2.97. The topological polar surface area (TPSA) is 17.1 Å². The van der Waals surface area contributed by atoms with E-state index in [1.54, 1.807) is 0 Å². The van der Waals surface area contributed by atoms with Gasteiger partial charge in [0.15, 0.2) is 5.78 Å². The van der Waals surface area contributed by atoms with Gasteiger partial charge in [0.05, 0.1) is 0 Å². The summed E-state index contributed by atoms with van der Waals surface area (Å²) in [7, 11) is 0. The lowest BCUT2D eigenvalue weighted by molar-refractivity contribution is -0.118. The third-order valence-electron chi connectivity index (χ3n) is 4.80. The summed E-state index contributed by atoms with van der Waals surface area (Å²) in [5, 5.41) is 0. The molecule has 0 spiro atoms. The van der Waals surface area contributed by atoms with Crippen LogP contribution in [0.3, 0.4) is 0 Å². The lowest BCUT2D eigenvalue weighted by Crippen LogP contribution is -2.22. The average molecular weight is 254 g/mol. The van der Waals surface area contributed by atoms with Crippen molar-refractivity contribution in [3.63, 3.8) is 0 Å². The summed E-state index contributed by atoms with van der Waals surface area (Å²) < 4.78 is 0. The first-order valence-electron chi connectivity index (χ1n) is 7.62. The van der Waals surface area contributed by atoms with Crippen molar-refractivity contribution in [1.29, 1.82) is 0 Å². The molecule has 3 rings (SSSR count).